The van der Waals surface area contributed by atoms with Gasteiger partial charge in [0.25, 0.3) is 0 Å². The van der Waals surface area contributed by atoms with Gasteiger partial charge in [0, 0.05) is 36.0 Å². The molecule has 138 valence electrons. The van der Waals surface area contributed by atoms with Gasteiger partial charge in [-0.2, -0.15) is 0 Å². The smallest absolute Gasteiger partial charge is 0.231 e. The summed E-state index contributed by atoms with van der Waals surface area (Å²) in [6.07, 6.45) is 0.833. The van der Waals surface area contributed by atoms with Crippen LogP contribution in [0.25, 0.3) is 10.6 Å². The Kier molecular flexibility index (Phi) is 6.01. The molecule has 1 saturated heterocycles. The van der Waals surface area contributed by atoms with Gasteiger partial charge in [-0.1, -0.05) is 22.9 Å². The van der Waals surface area contributed by atoms with E-state index in [2.05, 4.69) is 20.5 Å². The molecule has 0 saturated carbocycles. The van der Waals surface area contributed by atoms with E-state index in [1.165, 1.54) is 11.3 Å². The fourth-order valence-corrected chi connectivity index (χ4v) is 3.75. The molecular formula is C18H22ClN5OS. The average molecular weight is 392 g/mol. The quantitative estimate of drug-likeness (QED) is 0.741. The van der Waals surface area contributed by atoms with Gasteiger partial charge in [0.1, 0.15) is 10.8 Å². The van der Waals surface area contributed by atoms with Gasteiger partial charge in [0.05, 0.1) is 11.1 Å². The highest BCUT2D eigenvalue weighted by atomic mass is 35.5. The number of aliphatic imine (C=N–C) groups is 1. The minimum atomic E-state index is 0.0398. The van der Waals surface area contributed by atoms with Crippen LogP contribution in [0.3, 0.4) is 0 Å². The van der Waals surface area contributed by atoms with Crippen LogP contribution < -0.4 is 10.1 Å². The fraction of sp³-hybridized carbons (Fsp3) is 0.444. The Labute approximate surface area is 162 Å². The molecule has 0 aliphatic carbocycles. The van der Waals surface area contributed by atoms with E-state index in [0.717, 1.165) is 41.5 Å². The van der Waals surface area contributed by atoms with E-state index in [9.17, 15) is 0 Å². The number of nitrogens with one attached hydrogen (secondary N) is 2. The van der Waals surface area contributed by atoms with Gasteiger partial charge in [-0.15, -0.1) is 10.2 Å². The molecule has 1 aromatic heterocycles. The van der Waals surface area contributed by atoms with Gasteiger partial charge in [0.2, 0.25) is 5.13 Å². The number of ether oxygens (including phenoxy) is 1. The molecule has 2 heterocycles. The molecule has 0 amide bonds. The first-order valence-electron chi connectivity index (χ1n) is 8.57. The Bertz CT molecular complexity index is 833. The molecule has 1 aliphatic rings. The number of benzene rings is 1. The first kappa shape index (κ1) is 18.9. The van der Waals surface area contributed by atoms with E-state index in [1.54, 1.807) is 0 Å². The number of hydrogen-bond acceptors (Lipinski definition) is 7. The van der Waals surface area contributed by atoms with Crippen LogP contribution in [0.15, 0.2) is 23.2 Å². The molecule has 0 radical (unpaired) electrons. The van der Waals surface area contributed by atoms with Crippen LogP contribution in [0, 0.1) is 11.3 Å². The molecule has 2 aromatic rings. The van der Waals surface area contributed by atoms with Gasteiger partial charge in [0.15, 0.2) is 0 Å². The zero-order valence-corrected chi connectivity index (χ0v) is 16.6. The standard InChI is InChI=1S/C18H22ClN5OS/c1-10(2)25-16-5-4-12(8-14(16)19)17-23-24-18(26-17)22-11(3)13-9-21-7-6-15(13)20/h4-5,8,10,13,20-21H,6-7,9H2,1-3H3. The van der Waals surface area contributed by atoms with Gasteiger partial charge >= 0.3 is 0 Å². The lowest BCUT2D eigenvalue weighted by molar-refractivity contribution is 0.242. The van der Waals surface area contributed by atoms with Crippen LogP contribution in [-0.2, 0) is 0 Å². The number of nitrogens with zero attached hydrogens (tertiary/aromatic N) is 3. The first-order valence-corrected chi connectivity index (χ1v) is 9.76. The Balaban J connectivity index is 1.78. The van der Waals surface area contributed by atoms with Crippen LogP contribution in [0.1, 0.15) is 27.2 Å². The summed E-state index contributed by atoms with van der Waals surface area (Å²) in [6.45, 7) is 7.49. The number of hydrogen-bond donors (Lipinski definition) is 2. The Morgan fingerprint density at radius 2 is 2.23 bits per heavy atom. The Morgan fingerprint density at radius 1 is 1.42 bits per heavy atom. The number of halogens is 1. The summed E-state index contributed by atoms with van der Waals surface area (Å²) < 4.78 is 5.66. The summed E-state index contributed by atoms with van der Waals surface area (Å²) in [5, 5.41) is 21.7. The third-order valence-electron chi connectivity index (χ3n) is 4.07. The number of piperidine rings is 1. The molecule has 1 atom stereocenters. The molecule has 0 bridgehead atoms. The third kappa shape index (κ3) is 4.47. The van der Waals surface area contributed by atoms with E-state index in [0.29, 0.717) is 15.9 Å². The van der Waals surface area contributed by atoms with Crippen molar-refractivity contribution in [2.75, 3.05) is 13.1 Å². The Morgan fingerprint density at radius 3 is 2.92 bits per heavy atom. The van der Waals surface area contributed by atoms with Crippen molar-refractivity contribution in [3.63, 3.8) is 0 Å². The van der Waals surface area contributed by atoms with Crippen molar-refractivity contribution >= 4 is 39.5 Å². The molecule has 8 heteroatoms. The third-order valence-corrected chi connectivity index (χ3v) is 5.23. The van der Waals surface area contributed by atoms with Crippen molar-refractivity contribution in [3.05, 3.63) is 23.2 Å². The van der Waals surface area contributed by atoms with Crippen LogP contribution in [0.5, 0.6) is 5.75 Å². The number of rotatable bonds is 5. The predicted octanol–water partition coefficient (Wildman–Crippen LogP) is 4.37. The molecule has 6 nitrogen and oxygen atoms in total. The second-order valence-electron chi connectivity index (χ2n) is 6.49. The van der Waals surface area contributed by atoms with E-state index >= 15 is 0 Å². The predicted molar refractivity (Wildman–Crippen MR) is 108 cm³/mol. The van der Waals surface area contributed by atoms with Crippen LogP contribution in [-0.4, -0.2) is 40.8 Å². The van der Waals surface area contributed by atoms with E-state index in [4.69, 9.17) is 21.7 Å². The van der Waals surface area contributed by atoms with Gasteiger partial charge in [-0.05, 0) is 45.4 Å². The monoisotopic (exact) mass is 391 g/mol. The fourth-order valence-electron chi connectivity index (χ4n) is 2.76. The molecule has 1 aliphatic heterocycles. The summed E-state index contributed by atoms with van der Waals surface area (Å²) in [5.41, 5.74) is 2.50. The highest BCUT2D eigenvalue weighted by Gasteiger charge is 2.21. The molecule has 26 heavy (non-hydrogen) atoms. The SMILES string of the molecule is CC(=Nc1nnc(-c2ccc(OC(C)C)c(Cl)c2)s1)C1CNCCC1=N. The Hall–Kier alpha value is -1.83. The molecule has 1 aromatic carbocycles. The zero-order chi connectivity index (χ0) is 18.7. The zero-order valence-electron chi connectivity index (χ0n) is 15.0. The lowest BCUT2D eigenvalue weighted by Gasteiger charge is -2.23. The van der Waals surface area contributed by atoms with Gasteiger partial charge in [-0.25, -0.2) is 4.99 Å². The average Bonchev–Trinajstić information content (AvgIpc) is 3.05. The summed E-state index contributed by atoms with van der Waals surface area (Å²) in [4.78, 5) is 4.58. The largest absolute Gasteiger partial charge is 0.489 e. The van der Waals surface area contributed by atoms with Gasteiger partial charge < -0.3 is 15.5 Å². The molecule has 1 fully saturated rings. The minimum absolute atomic E-state index is 0.0398. The normalized spacial score (nSPS) is 18.4. The number of aromatic nitrogens is 2. The van der Waals surface area contributed by atoms with E-state index in [-0.39, 0.29) is 12.0 Å². The summed E-state index contributed by atoms with van der Waals surface area (Å²) in [7, 11) is 0. The maximum Gasteiger partial charge on any atom is 0.231 e. The van der Waals surface area contributed by atoms with Crippen LogP contribution in [0.4, 0.5) is 5.13 Å². The molecule has 0 spiro atoms. The molecule has 3 rings (SSSR count). The van der Waals surface area contributed by atoms with Crippen molar-refractivity contribution in [1.82, 2.24) is 15.5 Å². The summed E-state index contributed by atoms with van der Waals surface area (Å²) in [6, 6.07) is 5.61. The van der Waals surface area contributed by atoms with E-state index < -0.39 is 0 Å². The van der Waals surface area contributed by atoms with E-state index in [1.807, 2.05) is 39.0 Å². The lowest BCUT2D eigenvalue weighted by Crippen LogP contribution is -2.40. The first-order chi connectivity index (χ1) is 12.4. The maximum atomic E-state index is 8.09. The van der Waals surface area contributed by atoms with Crippen LogP contribution >= 0.6 is 22.9 Å². The summed E-state index contributed by atoms with van der Waals surface area (Å²) in [5.74, 6) is 0.699. The maximum absolute atomic E-state index is 8.09. The second kappa shape index (κ2) is 8.24. The van der Waals surface area contributed by atoms with Crippen molar-refractivity contribution in [1.29, 1.82) is 5.41 Å². The highest BCUT2D eigenvalue weighted by molar-refractivity contribution is 7.18. The summed E-state index contributed by atoms with van der Waals surface area (Å²) >= 11 is 7.71. The lowest BCUT2D eigenvalue weighted by atomic mass is 9.93. The van der Waals surface area contributed by atoms with Crippen LogP contribution in [0.2, 0.25) is 5.02 Å². The van der Waals surface area contributed by atoms with Crippen molar-refractivity contribution < 1.29 is 4.74 Å². The molecule has 1 unspecified atom stereocenters. The molecule has 2 N–H and O–H groups in total. The van der Waals surface area contributed by atoms with Crippen molar-refractivity contribution in [3.8, 4) is 16.3 Å². The van der Waals surface area contributed by atoms with Crippen molar-refractivity contribution in [2.24, 2.45) is 10.9 Å². The van der Waals surface area contributed by atoms with Crippen molar-refractivity contribution in [2.45, 2.75) is 33.3 Å². The molecular weight excluding hydrogens is 370 g/mol. The minimum Gasteiger partial charge on any atom is -0.489 e. The topological polar surface area (TPSA) is 83.2 Å². The van der Waals surface area contributed by atoms with Gasteiger partial charge in [-0.3, -0.25) is 0 Å². The second-order valence-corrected chi connectivity index (χ2v) is 7.85. The highest BCUT2D eigenvalue weighted by Crippen LogP contribution is 2.34.